The Morgan fingerprint density at radius 3 is 2.85 bits per heavy atom. The van der Waals surface area contributed by atoms with Gasteiger partial charge in [0.25, 0.3) is 5.91 Å². The molecule has 0 N–H and O–H groups in total. The van der Waals surface area contributed by atoms with Crippen LogP contribution in [0.25, 0.3) is 0 Å². The zero-order valence-electron chi connectivity index (χ0n) is 11.2. The number of rotatable bonds is 2. The van der Waals surface area contributed by atoms with E-state index in [1.165, 1.54) is 5.56 Å². The molecule has 1 aliphatic rings. The number of fused-ring (bicyclic) bond motifs is 1. The van der Waals surface area contributed by atoms with Crippen molar-refractivity contribution in [1.82, 2.24) is 0 Å². The number of carbonyl (C=O) groups excluding carboxylic acids is 1. The van der Waals surface area contributed by atoms with Crippen molar-refractivity contribution in [3.8, 4) is 0 Å². The highest BCUT2D eigenvalue weighted by atomic mass is 35.5. The minimum absolute atomic E-state index is 0.0594. The van der Waals surface area contributed by atoms with Crippen molar-refractivity contribution in [3.63, 3.8) is 0 Å². The Bertz CT molecular complexity index is 638. The first-order chi connectivity index (χ1) is 9.79. The lowest BCUT2D eigenvalue weighted by Gasteiger charge is -2.29. The quantitative estimate of drug-likeness (QED) is 0.763. The third kappa shape index (κ3) is 2.44. The molecule has 0 aliphatic carbocycles. The van der Waals surface area contributed by atoms with Crippen LogP contribution in [0.1, 0.15) is 27.9 Å². The van der Waals surface area contributed by atoms with Gasteiger partial charge in [0.2, 0.25) is 0 Å². The second-order valence-corrected chi connectivity index (χ2v) is 5.29. The Hall–Kier alpha value is -1.80. The fourth-order valence-electron chi connectivity index (χ4n) is 2.69. The molecule has 1 aliphatic heterocycles. The number of nitrogens with zero attached hydrogens (tertiary/aromatic N) is 1. The molecule has 0 spiro atoms. The van der Waals surface area contributed by atoms with E-state index >= 15 is 0 Å². The molecule has 0 saturated carbocycles. The van der Waals surface area contributed by atoms with E-state index < -0.39 is 0 Å². The van der Waals surface area contributed by atoms with Crippen LogP contribution in [0.3, 0.4) is 0 Å². The van der Waals surface area contributed by atoms with Gasteiger partial charge in [0, 0.05) is 23.7 Å². The molecule has 3 rings (SSSR count). The van der Waals surface area contributed by atoms with Crippen LogP contribution in [0, 0.1) is 0 Å². The van der Waals surface area contributed by atoms with E-state index in [-0.39, 0.29) is 5.91 Å². The second-order valence-electron chi connectivity index (χ2n) is 5.02. The average molecular weight is 286 g/mol. The predicted molar refractivity (Wildman–Crippen MR) is 82.4 cm³/mol. The molecule has 0 atom stereocenters. The average Bonchev–Trinajstić information content (AvgIpc) is 2.53. The van der Waals surface area contributed by atoms with Crippen molar-refractivity contribution in [2.45, 2.75) is 18.7 Å². The molecule has 0 radical (unpaired) electrons. The Morgan fingerprint density at radius 2 is 2.00 bits per heavy atom. The third-order valence-electron chi connectivity index (χ3n) is 3.68. The Morgan fingerprint density at radius 1 is 1.15 bits per heavy atom. The molecule has 0 fully saturated rings. The second kappa shape index (κ2) is 5.68. The molecule has 20 heavy (non-hydrogen) atoms. The van der Waals surface area contributed by atoms with Crippen LogP contribution in [0.4, 0.5) is 5.69 Å². The summed E-state index contributed by atoms with van der Waals surface area (Å²) in [5.41, 5.74) is 3.98. The van der Waals surface area contributed by atoms with E-state index in [1.807, 2.05) is 47.4 Å². The summed E-state index contributed by atoms with van der Waals surface area (Å²) >= 11 is 5.85. The number of hydrogen-bond acceptors (Lipinski definition) is 1. The van der Waals surface area contributed by atoms with Crippen LogP contribution in [0.2, 0.25) is 0 Å². The van der Waals surface area contributed by atoms with E-state index in [1.54, 1.807) is 0 Å². The molecule has 2 nitrogen and oxygen atoms in total. The van der Waals surface area contributed by atoms with Gasteiger partial charge in [0.15, 0.2) is 0 Å². The molecule has 2 aromatic rings. The first kappa shape index (κ1) is 13.2. The van der Waals surface area contributed by atoms with Gasteiger partial charge in [-0.25, -0.2) is 0 Å². The molecule has 0 aromatic heterocycles. The summed E-state index contributed by atoms with van der Waals surface area (Å²) in [5.74, 6) is 0.488. The highest BCUT2D eigenvalue weighted by Gasteiger charge is 2.23. The van der Waals surface area contributed by atoms with Gasteiger partial charge in [0.05, 0.1) is 0 Å². The van der Waals surface area contributed by atoms with Crippen LogP contribution < -0.4 is 4.90 Å². The van der Waals surface area contributed by atoms with E-state index in [0.717, 1.165) is 30.6 Å². The Labute approximate surface area is 124 Å². The summed E-state index contributed by atoms with van der Waals surface area (Å²) < 4.78 is 0. The minimum Gasteiger partial charge on any atom is -0.308 e. The molecule has 0 bridgehead atoms. The highest BCUT2D eigenvalue weighted by Crippen LogP contribution is 2.28. The number of aryl methyl sites for hydroxylation is 1. The zero-order chi connectivity index (χ0) is 13.9. The van der Waals surface area contributed by atoms with Gasteiger partial charge < -0.3 is 4.90 Å². The van der Waals surface area contributed by atoms with Crippen molar-refractivity contribution in [1.29, 1.82) is 0 Å². The van der Waals surface area contributed by atoms with Gasteiger partial charge in [-0.1, -0.05) is 30.3 Å². The monoisotopic (exact) mass is 285 g/mol. The minimum atomic E-state index is 0.0594. The van der Waals surface area contributed by atoms with E-state index in [2.05, 4.69) is 6.07 Å². The van der Waals surface area contributed by atoms with Crippen molar-refractivity contribution in [2.24, 2.45) is 0 Å². The number of benzene rings is 2. The van der Waals surface area contributed by atoms with Gasteiger partial charge in [-0.3, -0.25) is 4.79 Å². The smallest absolute Gasteiger partial charge is 0.258 e. The molecule has 102 valence electrons. The summed E-state index contributed by atoms with van der Waals surface area (Å²) in [7, 11) is 0. The number of alkyl halides is 1. The number of amides is 1. The van der Waals surface area contributed by atoms with Crippen molar-refractivity contribution in [2.75, 3.05) is 11.4 Å². The Balaban J connectivity index is 1.95. The van der Waals surface area contributed by atoms with Crippen LogP contribution in [0.5, 0.6) is 0 Å². The topological polar surface area (TPSA) is 20.3 Å². The molecule has 1 heterocycles. The van der Waals surface area contributed by atoms with Gasteiger partial charge in [-0.15, -0.1) is 11.6 Å². The number of para-hydroxylation sites is 1. The first-order valence-electron chi connectivity index (χ1n) is 6.84. The van der Waals surface area contributed by atoms with Crippen LogP contribution in [-0.2, 0) is 12.3 Å². The number of hydrogen-bond donors (Lipinski definition) is 0. The third-order valence-corrected chi connectivity index (χ3v) is 3.99. The van der Waals surface area contributed by atoms with Crippen LogP contribution in [0.15, 0.2) is 48.5 Å². The van der Waals surface area contributed by atoms with Gasteiger partial charge in [-0.05, 0) is 42.2 Å². The van der Waals surface area contributed by atoms with Crippen LogP contribution in [-0.4, -0.2) is 12.5 Å². The standard InChI is InChI=1S/C17H16ClNO/c18-12-13-5-3-7-15(11-13)17(20)19-10-4-8-14-6-1-2-9-16(14)19/h1-3,5-7,9,11H,4,8,10,12H2. The summed E-state index contributed by atoms with van der Waals surface area (Å²) in [5, 5.41) is 0. The molecular formula is C17H16ClNO. The van der Waals surface area contributed by atoms with Crippen molar-refractivity contribution < 1.29 is 4.79 Å². The number of halogens is 1. The fraction of sp³-hybridized carbons (Fsp3) is 0.235. The van der Waals surface area contributed by atoms with Crippen molar-refractivity contribution in [3.05, 3.63) is 65.2 Å². The lowest BCUT2D eigenvalue weighted by molar-refractivity contribution is 0.0985. The molecule has 2 aromatic carbocycles. The summed E-state index contributed by atoms with van der Waals surface area (Å²) in [4.78, 5) is 14.6. The number of anilines is 1. The van der Waals surface area contributed by atoms with Gasteiger partial charge in [-0.2, -0.15) is 0 Å². The molecule has 0 unspecified atom stereocenters. The van der Waals surface area contributed by atoms with E-state index in [0.29, 0.717) is 11.4 Å². The zero-order valence-corrected chi connectivity index (χ0v) is 11.9. The SMILES string of the molecule is O=C(c1cccc(CCl)c1)N1CCCc2ccccc21. The lowest BCUT2D eigenvalue weighted by Crippen LogP contribution is -2.35. The molecule has 0 saturated heterocycles. The summed E-state index contributed by atoms with van der Waals surface area (Å²) in [6.07, 6.45) is 2.06. The molecular weight excluding hydrogens is 270 g/mol. The highest BCUT2D eigenvalue weighted by molar-refractivity contribution is 6.17. The predicted octanol–water partition coefficient (Wildman–Crippen LogP) is 4.02. The maximum atomic E-state index is 12.7. The summed E-state index contributed by atoms with van der Waals surface area (Å²) in [6.45, 7) is 0.779. The largest absolute Gasteiger partial charge is 0.308 e. The lowest BCUT2D eigenvalue weighted by atomic mass is 10.0. The van der Waals surface area contributed by atoms with E-state index in [4.69, 9.17) is 11.6 Å². The van der Waals surface area contributed by atoms with Gasteiger partial charge in [0.1, 0.15) is 0 Å². The maximum Gasteiger partial charge on any atom is 0.258 e. The normalized spacial score (nSPS) is 13.9. The van der Waals surface area contributed by atoms with E-state index in [9.17, 15) is 4.79 Å². The number of carbonyl (C=O) groups is 1. The van der Waals surface area contributed by atoms with Crippen molar-refractivity contribution >= 4 is 23.2 Å². The fourth-order valence-corrected chi connectivity index (χ4v) is 2.85. The molecule has 1 amide bonds. The Kier molecular flexibility index (Phi) is 3.75. The first-order valence-corrected chi connectivity index (χ1v) is 7.38. The maximum absolute atomic E-state index is 12.7. The summed E-state index contributed by atoms with van der Waals surface area (Å²) in [6, 6.07) is 15.7. The van der Waals surface area contributed by atoms with Crippen LogP contribution >= 0.6 is 11.6 Å². The molecule has 3 heteroatoms. The van der Waals surface area contributed by atoms with Gasteiger partial charge >= 0.3 is 0 Å².